The van der Waals surface area contributed by atoms with Gasteiger partial charge in [-0.05, 0) is 37.2 Å². The maximum Gasteiger partial charge on any atom is 0.266 e. The van der Waals surface area contributed by atoms with Crippen LogP contribution in [-0.4, -0.2) is 47.5 Å². The molecule has 1 aromatic rings. The number of unbranched alkanes of at least 4 members (excludes halogenated alkanes) is 7. The first-order valence-corrected chi connectivity index (χ1v) is 13.8. The smallest absolute Gasteiger partial charge is 0.266 e. The summed E-state index contributed by atoms with van der Waals surface area (Å²) in [5.74, 6) is -1.14. The van der Waals surface area contributed by atoms with Gasteiger partial charge < -0.3 is 10.2 Å². The molecule has 0 aliphatic heterocycles. The lowest BCUT2D eigenvalue weighted by Gasteiger charge is -2.32. The summed E-state index contributed by atoms with van der Waals surface area (Å²) in [4.78, 5) is 40.4. The number of benzene rings is 1. The summed E-state index contributed by atoms with van der Waals surface area (Å²) in [6, 6.07) is 9.01. The van der Waals surface area contributed by atoms with E-state index >= 15 is 0 Å². The van der Waals surface area contributed by atoms with Crippen molar-refractivity contribution in [1.82, 2.24) is 15.7 Å². The molecule has 0 spiro atoms. The van der Waals surface area contributed by atoms with Crippen molar-refractivity contribution in [1.29, 1.82) is 0 Å². The van der Waals surface area contributed by atoms with E-state index < -0.39 is 17.9 Å². The number of hydrogen-bond donors (Lipinski definition) is 3. The van der Waals surface area contributed by atoms with Crippen LogP contribution >= 0.6 is 0 Å². The maximum absolute atomic E-state index is 13.6. The molecule has 0 radical (unpaired) electrons. The summed E-state index contributed by atoms with van der Waals surface area (Å²) < 4.78 is 0. The van der Waals surface area contributed by atoms with Crippen LogP contribution in [-0.2, 0) is 20.8 Å². The molecule has 1 rings (SSSR count). The van der Waals surface area contributed by atoms with Gasteiger partial charge in [-0.3, -0.25) is 19.6 Å². The van der Waals surface area contributed by atoms with Gasteiger partial charge in [-0.15, -0.1) is 0 Å². The predicted molar refractivity (Wildman–Crippen MR) is 144 cm³/mol. The third-order valence-electron chi connectivity index (χ3n) is 6.71. The fourth-order valence-electron chi connectivity index (χ4n) is 4.71. The number of carbonyl (C=O) groups is 3. The Balaban J connectivity index is 2.96. The van der Waals surface area contributed by atoms with Gasteiger partial charge in [-0.25, -0.2) is 5.48 Å². The molecule has 3 N–H and O–H groups in total. The Hall–Kier alpha value is -2.41. The lowest BCUT2D eigenvalue weighted by molar-refractivity contribution is -0.146. The van der Waals surface area contributed by atoms with Gasteiger partial charge >= 0.3 is 0 Å². The van der Waals surface area contributed by atoms with E-state index in [2.05, 4.69) is 12.2 Å². The van der Waals surface area contributed by atoms with Gasteiger partial charge in [0.15, 0.2) is 0 Å². The highest BCUT2D eigenvalue weighted by atomic mass is 16.5. The van der Waals surface area contributed by atoms with Crippen LogP contribution in [0.2, 0.25) is 0 Å². The highest BCUT2D eigenvalue weighted by molar-refractivity contribution is 5.89. The van der Waals surface area contributed by atoms with Crippen molar-refractivity contribution in [3.05, 3.63) is 35.9 Å². The number of hydrogen-bond acceptors (Lipinski definition) is 4. The van der Waals surface area contributed by atoms with E-state index in [4.69, 9.17) is 0 Å². The van der Waals surface area contributed by atoms with Crippen LogP contribution in [0.5, 0.6) is 0 Å². The molecule has 7 nitrogen and oxygen atoms in total. The number of hydroxylamine groups is 1. The normalized spacial score (nSPS) is 12.7. The Morgan fingerprint density at radius 1 is 0.917 bits per heavy atom. The van der Waals surface area contributed by atoms with E-state index in [1.807, 2.05) is 44.2 Å². The van der Waals surface area contributed by atoms with E-state index in [1.165, 1.54) is 32.1 Å². The fraction of sp³-hybridized carbons (Fsp3) is 0.690. The minimum Gasteiger partial charge on any atom is -0.359 e. The highest BCUT2D eigenvalue weighted by Crippen LogP contribution is 2.21. The minimum atomic E-state index is -0.795. The van der Waals surface area contributed by atoms with Crippen LogP contribution in [0.1, 0.15) is 97.0 Å². The molecule has 0 saturated carbocycles. The fourth-order valence-corrected chi connectivity index (χ4v) is 4.71. The maximum atomic E-state index is 13.6. The lowest BCUT2D eigenvalue weighted by atomic mass is 9.92. The van der Waals surface area contributed by atoms with Gasteiger partial charge in [0.25, 0.3) is 5.91 Å². The second kappa shape index (κ2) is 18.8. The van der Waals surface area contributed by atoms with Crippen LogP contribution in [0.25, 0.3) is 0 Å². The molecule has 0 saturated heterocycles. The summed E-state index contributed by atoms with van der Waals surface area (Å²) in [5, 5.41) is 12.1. The zero-order valence-electron chi connectivity index (χ0n) is 22.9. The predicted octanol–water partition coefficient (Wildman–Crippen LogP) is 5.26. The number of carbonyl (C=O) groups excluding carboxylic acids is 3. The Morgan fingerprint density at radius 2 is 1.53 bits per heavy atom. The SMILES string of the molecule is CCCCCCCCCCN(C(=O)C[C@@H](CC(C)C)C(=O)NC)[C@H](CCc1ccccc1)C(=O)NO. The van der Waals surface area contributed by atoms with Gasteiger partial charge in [-0.1, -0.05) is 96.0 Å². The molecular formula is C29H49N3O4. The molecular weight excluding hydrogens is 454 g/mol. The van der Waals surface area contributed by atoms with E-state index in [0.29, 0.717) is 25.8 Å². The van der Waals surface area contributed by atoms with E-state index in [0.717, 1.165) is 24.8 Å². The summed E-state index contributed by atoms with van der Waals surface area (Å²) >= 11 is 0. The number of rotatable bonds is 19. The van der Waals surface area contributed by atoms with Gasteiger partial charge in [0.1, 0.15) is 6.04 Å². The Morgan fingerprint density at radius 3 is 2.08 bits per heavy atom. The molecule has 0 aliphatic carbocycles. The molecule has 0 heterocycles. The first-order chi connectivity index (χ1) is 17.3. The molecule has 0 aliphatic rings. The largest absolute Gasteiger partial charge is 0.359 e. The summed E-state index contributed by atoms with van der Waals surface area (Å²) in [6.45, 7) is 6.70. The van der Waals surface area contributed by atoms with Crippen molar-refractivity contribution < 1.29 is 19.6 Å². The number of aryl methyl sites for hydroxylation is 1. The standard InChI is InChI=1S/C29H49N3O4/c1-5-6-7-8-9-10-11-15-20-32(27(33)22-25(21-23(2)3)28(34)30-4)26(29(35)31-36)19-18-24-16-13-12-14-17-24/h12-14,16-17,23,25-26,36H,5-11,15,18-22H2,1-4H3,(H,30,34)(H,31,35)/t25-,26-/m1/s1. The zero-order valence-corrected chi connectivity index (χ0v) is 22.9. The van der Waals surface area contributed by atoms with Crippen molar-refractivity contribution in [2.24, 2.45) is 11.8 Å². The number of nitrogens with one attached hydrogen (secondary N) is 2. The monoisotopic (exact) mass is 503 g/mol. The van der Waals surface area contributed by atoms with E-state index in [9.17, 15) is 19.6 Å². The average molecular weight is 504 g/mol. The molecule has 0 fully saturated rings. The van der Waals surface area contributed by atoms with Crippen LogP contribution in [0, 0.1) is 11.8 Å². The minimum absolute atomic E-state index is 0.0510. The van der Waals surface area contributed by atoms with Gasteiger partial charge in [-0.2, -0.15) is 0 Å². The average Bonchev–Trinajstić information content (AvgIpc) is 2.88. The number of amides is 3. The number of nitrogens with zero attached hydrogens (tertiary/aromatic N) is 1. The molecule has 0 unspecified atom stereocenters. The van der Waals surface area contributed by atoms with Crippen LogP contribution in [0.4, 0.5) is 0 Å². The highest BCUT2D eigenvalue weighted by Gasteiger charge is 2.32. The third-order valence-corrected chi connectivity index (χ3v) is 6.71. The quantitative estimate of drug-likeness (QED) is 0.136. The van der Waals surface area contributed by atoms with E-state index in [1.54, 1.807) is 17.4 Å². The van der Waals surface area contributed by atoms with E-state index in [-0.39, 0.29) is 24.2 Å². The third kappa shape index (κ3) is 12.5. The van der Waals surface area contributed by atoms with Crippen molar-refractivity contribution in [2.75, 3.05) is 13.6 Å². The van der Waals surface area contributed by atoms with Crippen molar-refractivity contribution in [2.45, 2.75) is 104 Å². The summed E-state index contributed by atoms with van der Waals surface area (Å²) in [6.07, 6.45) is 10.7. The van der Waals surface area contributed by atoms with Crippen molar-refractivity contribution >= 4 is 17.7 Å². The van der Waals surface area contributed by atoms with Crippen molar-refractivity contribution in [3.8, 4) is 0 Å². The van der Waals surface area contributed by atoms with Gasteiger partial charge in [0.2, 0.25) is 11.8 Å². The molecule has 3 amide bonds. The molecule has 0 aromatic heterocycles. The Bertz CT molecular complexity index is 754. The molecule has 1 aromatic carbocycles. The molecule has 36 heavy (non-hydrogen) atoms. The summed E-state index contributed by atoms with van der Waals surface area (Å²) in [7, 11) is 1.58. The Labute approximate surface area is 218 Å². The van der Waals surface area contributed by atoms with Crippen LogP contribution < -0.4 is 10.8 Å². The molecule has 2 atom stereocenters. The summed E-state index contributed by atoms with van der Waals surface area (Å²) in [5.41, 5.74) is 2.84. The first-order valence-electron chi connectivity index (χ1n) is 13.8. The molecule has 204 valence electrons. The second-order valence-electron chi connectivity index (χ2n) is 10.2. The zero-order chi connectivity index (χ0) is 26.8. The second-order valence-corrected chi connectivity index (χ2v) is 10.2. The first kappa shape index (κ1) is 31.6. The van der Waals surface area contributed by atoms with Crippen LogP contribution in [0.15, 0.2) is 30.3 Å². The van der Waals surface area contributed by atoms with Gasteiger partial charge in [0.05, 0.1) is 0 Å². The van der Waals surface area contributed by atoms with Crippen LogP contribution in [0.3, 0.4) is 0 Å². The van der Waals surface area contributed by atoms with Crippen molar-refractivity contribution in [3.63, 3.8) is 0 Å². The molecule has 0 bridgehead atoms. The molecule has 7 heteroatoms. The van der Waals surface area contributed by atoms with Gasteiger partial charge in [0, 0.05) is 25.9 Å². The Kier molecular flexibility index (Phi) is 16.5. The lowest BCUT2D eigenvalue weighted by Crippen LogP contribution is -2.50. The topological polar surface area (TPSA) is 98.7 Å².